The summed E-state index contributed by atoms with van der Waals surface area (Å²) in [5, 5.41) is 0.591. The van der Waals surface area contributed by atoms with E-state index < -0.39 is 47.9 Å². The Labute approximate surface area is 176 Å². The molecule has 166 valence electrons. The van der Waals surface area contributed by atoms with Crippen LogP contribution in [0.15, 0.2) is 46.2 Å². The van der Waals surface area contributed by atoms with Crippen molar-refractivity contribution < 1.29 is 31.2 Å². The minimum atomic E-state index is -2.82. The number of alkyl halides is 3. The number of hydrogen-bond donors (Lipinski definition) is 1. The van der Waals surface area contributed by atoms with Crippen molar-refractivity contribution >= 4 is 27.4 Å². The molecule has 1 aromatic carbocycles. The minimum Gasteiger partial charge on any atom is -0.479 e. The fraction of sp³-hybridized carbons (Fsp3) is 0.263. The van der Waals surface area contributed by atoms with Gasteiger partial charge in [0.2, 0.25) is 5.88 Å². The number of ether oxygens (including phenoxy) is 2. The molecule has 0 saturated heterocycles. The second-order valence-electron chi connectivity index (χ2n) is 6.13. The number of rotatable bonds is 9. The van der Waals surface area contributed by atoms with Crippen molar-refractivity contribution in [3.63, 3.8) is 0 Å². The van der Waals surface area contributed by atoms with Crippen LogP contribution in [0.2, 0.25) is 0 Å². The topological polar surface area (TPSA) is 82.5 Å². The molecule has 1 N–H and O–H groups in total. The second-order valence-corrected chi connectivity index (χ2v) is 7.31. The number of nitrogens with zero attached hydrogens (tertiary/aromatic N) is 2. The van der Waals surface area contributed by atoms with Crippen molar-refractivity contribution in [1.29, 1.82) is 0 Å². The summed E-state index contributed by atoms with van der Waals surface area (Å²) in [6.45, 7) is -1.88. The van der Waals surface area contributed by atoms with Crippen molar-refractivity contribution in [3.05, 3.63) is 52.7 Å². The van der Waals surface area contributed by atoms with Crippen LogP contribution in [-0.2, 0) is 17.5 Å². The number of pyridine rings is 2. The number of methoxy groups -OCH3 is 1. The van der Waals surface area contributed by atoms with Crippen molar-refractivity contribution in [2.75, 3.05) is 25.1 Å². The summed E-state index contributed by atoms with van der Waals surface area (Å²) in [7, 11) is -0.780. The van der Waals surface area contributed by atoms with Gasteiger partial charge in [0.25, 0.3) is 17.9 Å². The van der Waals surface area contributed by atoms with Crippen LogP contribution in [0.5, 0.6) is 11.8 Å². The summed E-state index contributed by atoms with van der Waals surface area (Å²) in [5.74, 6) is -1.98. The van der Waals surface area contributed by atoms with E-state index >= 15 is 0 Å². The van der Waals surface area contributed by atoms with Crippen LogP contribution in [0.3, 0.4) is 0 Å². The molecule has 0 amide bonds. The third kappa shape index (κ3) is 4.95. The van der Waals surface area contributed by atoms with E-state index in [9.17, 15) is 26.6 Å². The Morgan fingerprint density at radius 1 is 1.23 bits per heavy atom. The minimum absolute atomic E-state index is 0.109. The summed E-state index contributed by atoms with van der Waals surface area (Å²) in [6.07, 6.45) is -1.43. The number of aromatic nitrogens is 2. The van der Waals surface area contributed by atoms with E-state index in [2.05, 4.69) is 14.4 Å². The molecule has 2 aromatic heterocycles. The van der Waals surface area contributed by atoms with E-state index in [1.54, 1.807) is 0 Å². The van der Waals surface area contributed by atoms with E-state index in [0.29, 0.717) is 5.39 Å². The molecule has 2 heterocycles. The standard InChI is InChI=1S/C19H17F4N3O4S/c1-29-18-14(9-13(21)17(24-18)30-10-16(22)23)25-31(28)15-4-2-3-12-11(15)5-7-26(8-6-20)19(12)27/h2-5,7,9,16,25H,6,8,10H2,1H3. The zero-order chi connectivity index (χ0) is 22.5. The van der Waals surface area contributed by atoms with Crippen LogP contribution in [0, 0.1) is 5.82 Å². The Bertz CT molecular complexity index is 1170. The highest BCUT2D eigenvalue weighted by Crippen LogP contribution is 2.30. The number of aryl methyl sites for hydroxylation is 1. The SMILES string of the molecule is COc1nc(OCC(F)F)c(F)cc1NS(=O)c1cccc2c(=O)n(CCF)ccc12. The van der Waals surface area contributed by atoms with Crippen LogP contribution in [0.4, 0.5) is 23.2 Å². The fourth-order valence-corrected chi connectivity index (χ4v) is 3.84. The van der Waals surface area contributed by atoms with Gasteiger partial charge in [0.1, 0.15) is 12.4 Å². The summed E-state index contributed by atoms with van der Waals surface area (Å²) in [5.41, 5.74) is -0.565. The third-order valence-electron chi connectivity index (χ3n) is 4.15. The lowest BCUT2D eigenvalue weighted by Gasteiger charge is -2.14. The largest absolute Gasteiger partial charge is 0.479 e. The molecule has 3 aromatic rings. The van der Waals surface area contributed by atoms with Gasteiger partial charge in [-0.3, -0.25) is 9.52 Å². The molecule has 1 unspecified atom stereocenters. The Morgan fingerprint density at radius 2 is 2.00 bits per heavy atom. The van der Waals surface area contributed by atoms with E-state index in [0.717, 1.165) is 6.07 Å². The van der Waals surface area contributed by atoms with E-state index in [-0.39, 0.29) is 28.4 Å². The molecule has 0 aliphatic heterocycles. The Morgan fingerprint density at radius 3 is 2.68 bits per heavy atom. The normalized spacial score (nSPS) is 12.2. The van der Waals surface area contributed by atoms with E-state index in [1.165, 1.54) is 42.1 Å². The predicted octanol–water partition coefficient (Wildman–Crippen LogP) is 3.29. The molecule has 7 nitrogen and oxygen atoms in total. The zero-order valence-electron chi connectivity index (χ0n) is 16.1. The number of halogens is 4. The highest BCUT2D eigenvalue weighted by atomic mass is 32.2. The van der Waals surface area contributed by atoms with Gasteiger partial charge in [-0.25, -0.2) is 21.8 Å². The van der Waals surface area contributed by atoms with Gasteiger partial charge in [-0.2, -0.15) is 4.98 Å². The number of nitrogens with one attached hydrogen (secondary N) is 1. The van der Waals surface area contributed by atoms with Gasteiger partial charge in [0, 0.05) is 23.0 Å². The summed E-state index contributed by atoms with van der Waals surface area (Å²) in [6, 6.07) is 6.91. The first-order valence-corrected chi connectivity index (χ1v) is 10.0. The van der Waals surface area contributed by atoms with Crippen LogP contribution in [-0.4, -0.2) is 40.6 Å². The van der Waals surface area contributed by atoms with Crippen LogP contribution < -0.4 is 19.8 Å². The number of benzene rings is 1. The van der Waals surface area contributed by atoms with Gasteiger partial charge < -0.3 is 14.0 Å². The maximum absolute atomic E-state index is 14.2. The van der Waals surface area contributed by atoms with Gasteiger partial charge in [-0.15, -0.1) is 0 Å². The first kappa shape index (κ1) is 22.5. The number of hydrogen-bond acceptors (Lipinski definition) is 5. The van der Waals surface area contributed by atoms with E-state index in [1.807, 2.05) is 0 Å². The van der Waals surface area contributed by atoms with Gasteiger partial charge in [-0.1, -0.05) is 6.07 Å². The van der Waals surface area contributed by atoms with Gasteiger partial charge in [0.15, 0.2) is 23.4 Å². The first-order valence-electron chi connectivity index (χ1n) is 8.87. The Balaban J connectivity index is 1.94. The Kier molecular flexibility index (Phi) is 7.10. The molecule has 0 saturated carbocycles. The van der Waals surface area contributed by atoms with Crippen LogP contribution >= 0.6 is 0 Å². The lowest BCUT2D eigenvalue weighted by atomic mass is 10.2. The molecular weight excluding hydrogens is 442 g/mol. The van der Waals surface area contributed by atoms with Crippen molar-refractivity contribution in [1.82, 2.24) is 9.55 Å². The Hall–Kier alpha value is -3.15. The summed E-state index contributed by atoms with van der Waals surface area (Å²) in [4.78, 5) is 16.4. The fourth-order valence-electron chi connectivity index (χ4n) is 2.80. The predicted molar refractivity (Wildman–Crippen MR) is 106 cm³/mol. The monoisotopic (exact) mass is 459 g/mol. The van der Waals surface area contributed by atoms with Crippen LogP contribution in [0.1, 0.15) is 0 Å². The molecule has 0 radical (unpaired) electrons. The highest BCUT2D eigenvalue weighted by molar-refractivity contribution is 7.86. The number of fused-ring (bicyclic) bond motifs is 1. The molecule has 0 spiro atoms. The first-order chi connectivity index (χ1) is 14.8. The average Bonchev–Trinajstić information content (AvgIpc) is 2.74. The molecule has 31 heavy (non-hydrogen) atoms. The second kappa shape index (κ2) is 9.77. The zero-order valence-corrected chi connectivity index (χ0v) is 16.9. The van der Waals surface area contributed by atoms with Gasteiger partial charge >= 0.3 is 0 Å². The molecule has 3 rings (SSSR count). The van der Waals surface area contributed by atoms with Gasteiger partial charge in [0.05, 0.1) is 18.6 Å². The molecule has 12 heteroatoms. The average molecular weight is 459 g/mol. The summed E-state index contributed by atoms with van der Waals surface area (Å²) < 4.78 is 77.7. The molecule has 0 fully saturated rings. The van der Waals surface area contributed by atoms with E-state index in [4.69, 9.17) is 4.74 Å². The maximum atomic E-state index is 14.2. The van der Waals surface area contributed by atoms with Crippen molar-refractivity contribution in [3.8, 4) is 11.8 Å². The smallest absolute Gasteiger partial charge is 0.272 e. The number of anilines is 1. The lowest BCUT2D eigenvalue weighted by molar-refractivity contribution is 0.0770. The quantitative estimate of drug-likeness (QED) is 0.497. The molecule has 1 atom stereocenters. The molecule has 0 bridgehead atoms. The van der Waals surface area contributed by atoms with Crippen LogP contribution in [0.25, 0.3) is 10.8 Å². The van der Waals surface area contributed by atoms with Crippen molar-refractivity contribution in [2.45, 2.75) is 17.9 Å². The van der Waals surface area contributed by atoms with Gasteiger partial charge in [-0.05, 0) is 18.2 Å². The summed E-state index contributed by atoms with van der Waals surface area (Å²) >= 11 is 0. The lowest BCUT2D eigenvalue weighted by Crippen LogP contribution is -2.21. The maximum Gasteiger partial charge on any atom is 0.272 e. The highest BCUT2D eigenvalue weighted by Gasteiger charge is 2.19. The van der Waals surface area contributed by atoms with Crippen molar-refractivity contribution in [2.24, 2.45) is 0 Å². The molecule has 0 aliphatic carbocycles. The molecular formula is C19H17F4N3O4S. The molecule has 0 aliphatic rings. The third-order valence-corrected chi connectivity index (χ3v) is 5.32.